The average Bonchev–Trinajstić information content (AvgIpc) is 2.45. The standard InChI is InChI=1S/C16H20N2O3/c1-5-21-15(19)13-11(3)18(4)16(20)17-14(13)12-9-7-6-8-10(12)2/h6-9,14H,5H2,1-4H3,(H,17,20)/t14-/m1/s1. The number of hydrogen-bond acceptors (Lipinski definition) is 3. The van der Waals surface area contributed by atoms with E-state index in [0.29, 0.717) is 17.9 Å². The normalized spacial score (nSPS) is 18.6. The zero-order valence-electron chi connectivity index (χ0n) is 12.8. The number of amides is 2. The number of nitrogens with zero attached hydrogens (tertiary/aromatic N) is 1. The number of allylic oxidation sites excluding steroid dienone is 1. The van der Waals surface area contributed by atoms with Crippen LogP contribution in [-0.4, -0.2) is 30.6 Å². The molecular formula is C16H20N2O3. The van der Waals surface area contributed by atoms with E-state index >= 15 is 0 Å². The number of nitrogens with one attached hydrogen (secondary N) is 1. The van der Waals surface area contributed by atoms with Crippen molar-refractivity contribution in [2.75, 3.05) is 13.7 Å². The Bertz CT molecular complexity index is 607. The van der Waals surface area contributed by atoms with Gasteiger partial charge in [0.15, 0.2) is 0 Å². The van der Waals surface area contributed by atoms with Crippen LogP contribution in [0.2, 0.25) is 0 Å². The molecule has 5 nitrogen and oxygen atoms in total. The summed E-state index contributed by atoms with van der Waals surface area (Å²) in [6.45, 7) is 5.78. The van der Waals surface area contributed by atoms with Crippen molar-refractivity contribution >= 4 is 12.0 Å². The molecule has 1 N–H and O–H groups in total. The number of carbonyl (C=O) groups excluding carboxylic acids is 2. The third-order valence-electron chi connectivity index (χ3n) is 3.75. The Morgan fingerprint density at radius 3 is 2.62 bits per heavy atom. The molecule has 1 aromatic rings. The minimum Gasteiger partial charge on any atom is -0.463 e. The highest BCUT2D eigenvalue weighted by atomic mass is 16.5. The molecule has 1 heterocycles. The van der Waals surface area contributed by atoms with Gasteiger partial charge in [-0.2, -0.15) is 0 Å². The molecule has 0 fully saturated rings. The maximum absolute atomic E-state index is 12.3. The molecule has 21 heavy (non-hydrogen) atoms. The predicted octanol–water partition coefficient (Wildman–Crippen LogP) is 2.53. The molecule has 0 unspecified atom stereocenters. The summed E-state index contributed by atoms with van der Waals surface area (Å²) >= 11 is 0. The van der Waals surface area contributed by atoms with Crippen molar-refractivity contribution in [1.82, 2.24) is 10.2 Å². The van der Waals surface area contributed by atoms with Crippen LogP contribution in [0.25, 0.3) is 0 Å². The molecule has 2 rings (SSSR count). The first-order valence-corrected chi connectivity index (χ1v) is 6.95. The topological polar surface area (TPSA) is 58.6 Å². The summed E-state index contributed by atoms with van der Waals surface area (Å²) < 4.78 is 5.15. The van der Waals surface area contributed by atoms with Gasteiger partial charge in [-0.25, -0.2) is 9.59 Å². The van der Waals surface area contributed by atoms with Crippen LogP contribution in [-0.2, 0) is 9.53 Å². The summed E-state index contributed by atoms with van der Waals surface area (Å²) in [5.41, 5.74) is 3.02. The van der Waals surface area contributed by atoms with Crippen LogP contribution < -0.4 is 5.32 Å². The van der Waals surface area contributed by atoms with Crippen LogP contribution in [0.15, 0.2) is 35.5 Å². The Morgan fingerprint density at radius 2 is 2.00 bits per heavy atom. The van der Waals surface area contributed by atoms with Crippen molar-refractivity contribution in [1.29, 1.82) is 0 Å². The maximum atomic E-state index is 12.3. The number of rotatable bonds is 3. The molecule has 1 aromatic carbocycles. The van der Waals surface area contributed by atoms with E-state index in [9.17, 15) is 9.59 Å². The molecule has 0 bridgehead atoms. The van der Waals surface area contributed by atoms with Gasteiger partial charge >= 0.3 is 12.0 Å². The Balaban J connectivity index is 2.54. The molecule has 2 amide bonds. The lowest BCUT2D eigenvalue weighted by Gasteiger charge is -2.33. The average molecular weight is 288 g/mol. The third kappa shape index (κ3) is 2.77. The van der Waals surface area contributed by atoms with Crippen LogP contribution >= 0.6 is 0 Å². The van der Waals surface area contributed by atoms with E-state index in [2.05, 4.69) is 5.32 Å². The lowest BCUT2D eigenvalue weighted by molar-refractivity contribution is -0.139. The summed E-state index contributed by atoms with van der Waals surface area (Å²) in [7, 11) is 1.64. The molecule has 1 aliphatic heterocycles. The van der Waals surface area contributed by atoms with Crippen LogP contribution in [0.4, 0.5) is 4.79 Å². The highest BCUT2D eigenvalue weighted by molar-refractivity contribution is 5.95. The van der Waals surface area contributed by atoms with E-state index in [1.165, 1.54) is 4.90 Å². The van der Waals surface area contributed by atoms with E-state index in [-0.39, 0.29) is 6.03 Å². The molecule has 0 spiro atoms. The summed E-state index contributed by atoms with van der Waals surface area (Å²) in [6, 6.07) is 6.99. The first kappa shape index (κ1) is 15.1. The van der Waals surface area contributed by atoms with Crippen molar-refractivity contribution in [3.63, 3.8) is 0 Å². The minimum absolute atomic E-state index is 0.228. The molecule has 5 heteroatoms. The van der Waals surface area contributed by atoms with Crippen LogP contribution in [0, 0.1) is 6.92 Å². The zero-order chi connectivity index (χ0) is 15.6. The largest absolute Gasteiger partial charge is 0.463 e. The number of aryl methyl sites for hydroxylation is 1. The van der Waals surface area contributed by atoms with Crippen LogP contribution in [0.1, 0.15) is 31.0 Å². The van der Waals surface area contributed by atoms with E-state index in [1.54, 1.807) is 20.9 Å². The van der Waals surface area contributed by atoms with Gasteiger partial charge < -0.3 is 15.0 Å². The maximum Gasteiger partial charge on any atom is 0.338 e. The molecule has 0 saturated heterocycles. The van der Waals surface area contributed by atoms with E-state index in [4.69, 9.17) is 4.74 Å². The van der Waals surface area contributed by atoms with Crippen LogP contribution in [0.5, 0.6) is 0 Å². The molecule has 0 aromatic heterocycles. The Morgan fingerprint density at radius 1 is 1.33 bits per heavy atom. The molecule has 0 saturated carbocycles. The predicted molar refractivity (Wildman–Crippen MR) is 79.5 cm³/mol. The van der Waals surface area contributed by atoms with Gasteiger partial charge in [0, 0.05) is 12.7 Å². The lowest BCUT2D eigenvalue weighted by atomic mass is 9.92. The first-order chi connectivity index (χ1) is 9.97. The van der Waals surface area contributed by atoms with Gasteiger partial charge in [-0.05, 0) is 31.9 Å². The molecular weight excluding hydrogens is 268 g/mol. The monoisotopic (exact) mass is 288 g/mol. The van der Waals surface area contributed by atoms with Crippen molar-refractivity contribution in [2.45, 2.75) is 26.8 Å². The summed E-state index contributed by atoms with van der Waals surface area (Å²) in [4.78, 5) is 25.8. The zero-order valence-corrected chi connectivity index (χ0v) is 12.8. The number of carbonyl (C=O) groups is 2. The fourth-order valence-corrected chi connectivity index (χ4v) is 2.45. The second-order valence-electron chi connectivity index (χ2n) is 5.02. The summed E-state index contributed by atoms with van der Waals surface area (Å²) in [5, 5.41) is 2.87. The highest BCUT2D eigenvalue weighted by Gasteiger charge is 2.35. The number of benzene rings is 1. The molecule has 112 valence electrons. The number of esters is 1. The molecule has 1 aliphatic rings. The van der Waals surface area contributed by atoms with Crippen LogP contribution in [0.3, 0.4) is 0 Å². The van der Waals surface area contributed by atoms with Gasteiger partial charge in [0.1, 0.15) is 0 Å². The number of ether oxygens (including phenoxy) is 1. The fraction of sp³-hybridized carbons (Fsp3) is 0.375. The Hall–Kier alpha value is -2.30. The lowest BCUT2D eigenvalue weighted by Crippen LogP contribution is -2.46. The van der Waals surface area contributed by atoms with Crippen molar-refractivity contribution in [2.24, 2.45) is 0 Å². The van der Waals surface area contributed by atoms with E-state index in [0.717, 1.165) is 11.1 Å². The molecule has 0 aliphatic carbocycles. The van der Waals surface area contributed by atoms with Gasteiger partial charge in [0.25, 0.3) is 0 Å². The van der Waals surface area contributed by atoms with Crippen molar-refractivity contribution < 1.29 is 14.3 Å². The van der Waals surface area contributed by atoms with E-state index < -0.39 is 12.0 Å². The molecule has 1 atom stereocenters. The van der Waals surface area contributed by atoms with Gasteiger partial charge in [-0.3, -0.25) is 0 Å². The quantitative estimate of drug-likeness (QED) is 0.869. The van der Waals surface area contributed by atoms with Gasteiger partial charge in [-0.15, -0.1) is 0 Å². The van der Waals surface area contributed by atoms with Crippen molar-refractivity contribution in [3.05, 3.63) is 46.7 Å². The SMILES string of the molecule is CCOC(=O)C1=C(C)N(C)C(=O)N[C@@H]1c1ccccc1C. The third-order valence-corrected chi connectivity index (χ3v) is 3.75. The Kier molecular flexibility index (Phi) is 4.31. The van der Waals surface area contributed by atoms with Crippen molar-refractivity contribution in [3.8, 4) is 0 Å². The second kappa shape index (κ2) is 5.99. The van der Waals surface area contributed by atoms with Gasteiger partial charge in [0.2, 0.25) is 0 Å². The summed E-state index contributed by atoms with van der Waals surface area (Å²) in [6.07, 6.45) is 0. The fourth-order valence-electron chi connectivity index (χ4n) is 2.45. The highest BCUT2D eigenvalue weighted by Crippen LogP contribution is 2.32. The number of urea groups is 1. The smallest absolute Gasteiger partial charge is 0.338 e. The number of hydrogen-bond donors (Lipinski definition) is 1. The Labute approximate surface area is 124 Å². The van der Waals surface area contributed by atoms with E-state index in [1.807, 2.05) is 31.2 Å². The van der Waals surface area contributed by atoms with Gasteiger partial charge in [-0.1, -0.05) is 24.3 Å². The molecule has 0 radical (unpaired) electrons. The van der Waals surface area contributed by atoms with Gasteiger partial charge in [0.05, 0.1) is 18.2 Å². The summed E-state index contributed by atoms with van der Waals surface area (Å²) in [5.74, 6) is -0.393. The minimum atomic E-state index is -0.478. The second-order valence-corrected chi connectivity index (χ2v) is 5.02. The first-order valence-electron chi connectivity index (χ1n) is 6.95.